The van der Waals surface area contributed by atoms with Crippen LogP contribution < -0.4 is 18.9 Å². The molecule has 0 fully saturated rings. The minimum Gasteiger partial charge on any atom is -0.490 e. The van der Waals surface area contributed by atoms with Gasteiger partial charge in [-0.25, -0.2) is 0 Å². The lowest BCUT2D eigenvalue weighted by atomic mass is 10.0. The lowest BCUT2D eigenvalue weighted by Gasteiger charge is -2.21. The molecule has 0 aliphatic carbocycles. The molecule has 2 rings (SSSR count). The van der Waals surface area contributed by atoms with E-state index in [2.05, 4.69) is 0 Å². The third kappa shape index (κ3) is 4.91. The van der Waals surface area contributed by atoms with Crippen LogP contribution in [0.3, 0.4) is 0 Å². The molecule has 0 spiro atoms. The van der Waals surface area contributed by atoms with Gasteiger partial charge in [-0.1, -0.05) is 42.5 Å². The summed E-state index contributed by atoms with van der Waals surface area (Å²) in [6.45, 7) is 4.39. The third-order valence-electron chi connectivity index (χ3n) is 4.02. The fraction of sp³-hybridized carbons (Fsp3) is 0.273. The third-order valence-corrected chi connectivity index (χ3v) is 4.02. The summed E-state index contributed by atoms with van der Waals surface area (Å²) in [5, 5.41) is 0. The predicted molar refractivity (Wildman–Crippen MR) is 106 cm³/mol. The number of esters is 2. The minimum absolute atomic E-state index is 0.197. The highest BCUT2D eigenvalue weighted by atomic mass is 16.6. The number of methoxy groups -OCH3 is 2. The second-order valence-corrected chi connectivity index (χ2v) is 6.03. The minimum atomic E-state index is -0.492. The first-order chi connectivity index (χ1) is 13.4. The van der Waals surface area contributed by atoms with E-state index in [4.69, 9.17) is 18.9 Å². The SMILES string of the molecule is COc1c(OC(C)=O)c(C)c(CC=Cc2ccccc2)c(OC(C)=O)c1OC. The van der Waals surface area contributed by atoms with E-state index in [1.165, 1.54) is 28.1 Å². The smallest absolute Gasteiger partial charge is 0.308 e. The normalized spacial score (nSPS) is 10.6. The van der Waals surface area contributed by atoms with E-state index in [0.29, 0.717) is 17.5 Å². The van der Waals surface area contributed by atoms with Gasteiger partial charge in [0.1, 0.15) is 0 Å². The van der Waals surface area contributed by atoms with Crippen LogP contribution in [0.2, 0.25) is 0 Å². The molecule has 6 heteroatoms. The molecule has 0 aliphatic rings. The maximum absolute atomic E-state index is 11.7. The Bertz CT molecular complexity index is 884. The van der Waals surface area contributed by atoms with Gasteiger partial charge in [-0.05, 0) is 18.9 Å². The average Bonchev–Trinajstić information content (AvgIpc) is 2.66. The van der Waals surface area contributed by atoms with Gasteiger partial charge in [0.05, 0.1) is 14.2 Å². The van der Waals surface area contributed by atoms with Gasteiger partial charge in [-0.2, -0.15) is 0 Å². The Hall–Kier alpha value is -3.28. The zero-order valence-electron chi connectivity index (χ0n) is 16.7. The van der Waals surface area contributed by atoms with E-state index >= 15 is 0 Å². The first-order valence-electron chi connectivity index (χ1n) is 8.74. The van der Waals surface area contributed by atoms with Crippen LogP contribution in [0.5, 0.6) is 23.0 Å². The zero-order chi connectivity index (χ0) is 20.7. The fourth-order valence-corrected chi connectivity index (χ4v) is 2.83. The first-order valence-corrected chi connectivity index (χ1v) is 8.74. The van der Waals surface area contributed by atoms with Crippen molar-refractivity contribution in [3.63, 3.8) is 0 Å². The van der Waals surface area contributed by atoms with Crippen molar-refractivity contribution in [2.24, 2.45) is 0 Å². The largest absolute Gasteiger partial charge is 0.490 e. The average molecular weight is 384 g/mol. The van der Waals surface area contributed by atoms with Crippen LogP contribution in [-0.2, 0) is 16.0 Å². The van der Waals surface area contributed by atoms with Crippen molar-refractivity contribution in [3.05, 3.63) is 53.1 Å². The maximum atomic E-state index is 11.7. The molecule has 0 aromatic heterocycles. The van der Waals surface area contributed by atoms with Crippen LogP contribution in [0.25, 0.3) is 6.08 Å². The molecule has 6 nitrogen and oxygen atoms in total. The number of allylic oxidation sites excluding steroid dienone is 1. The van der Waals surface area contributed by atoms with Crippen LogP contribution in [0.15, 0.2) is 36.4 Å². The Morgan fingerprint density at radius 2 is 1.39 bits per heavy atom. The summed E-state index contributed by atoms with van der Waals surface area (Å²) in [5.74, 6) is -0.100. The highest BCUT2D eigenvalue weighted by Gasteiger charge is 2.27. The molecule has 0 radical (unpaired) electrons. The van der Waals surface area contributed by atoms with Crippen LogP contribution in [0.1, 0.15) is 30.5 Å². The molecule has 0 amide bonds. The number of ether oxygens (including phenoxy) is 4. The summed E-state index contributed by atoms with van der Waals surface area (Å²) in [6.07, 6.45) is 4.32. The molecule has 148 valence electrons. The second-order valence-electron chi connectivity index (χ2n) is 6.03. The summed E-state index contributed by atoms with van der Waals surface area (Å²) >= 11 is 0. The highest BCUT2D eigenvalue weighted by molar-refractivity contribution is 5.78. The van der Waals surface area contributed by atoms with Gasteiger partial charge in [-0.3, -0.25) is 9.59 Å². The molecule has 0 atom stereocenters. The van der Waals surface area contributed by atoms with Crippen LogP contribution in [-0.4, -0.2) is 26.2 Å². The van der Waals surface area contributed by atoms with Crippen molar-refractivity contribution in [2.75, 3.05) is 14.2 Å². The predicted octanol–water partition coefficient (Wildman–Crippen LogP) is 4.12. The van der Waals surface area contributed by atoms with Crippen molar-refractivity contribution in [3.8, 4) is 23.0 Å². The van der Waals surface area contributed by atoms with Gasteiger partial charge in [0.15, 0.2) is 11.5 Å². The van der Waals surface area contributed by atoms with E-state index in [1.54, 1.807) is 6.92 Å². The van der Waals surface area contributed by atoms with Gasteiger partial charge in [-0.15, -0.1) is 0 Å². The summed E-state index contributed by atoms with van der Waals surface area (Å²) in [7, 11) is 2.86. The second kappa shape index (κ2) is 9.60. The van der Waals surface area contributed by atoms with Gasteiger partial charge in [0.2, 0.25) is 11.5 Å². The zero-order valence-corrected chi connectivity index (χ0v) is 16.7. The topological polar surface area (TPSA) is 71.1 Å². The van der Waals surface area contributed by atoms with Gasteiger partial charge < -0.3 is 18.9 Å². The Morgan fingerprint density at radius 3 is 1.93 bits per heavy atom. The lowest BCUT2D eigenvalue weighted by Crippen LogP contribution is -2.11. The molecule has 0 saturated carbocycles. The van der Waals surface area contributed by atoms with Gasteiger partial charge in [0, 0.05) is 25.0 Å². The molecule has 0 N–H and O–H groups in total. The number of rotatable bonds is 7. The van der Waals surface area contributed by atoms with Crippen molar-refractivity contribution < 1.29 is 28.5 Å². The summed E-state index contributed by atoms with van der Waals surface area (Å²) in [6, 6.07) is 9.80. The summed E-state index contributed by atoms with van der Waals surface area (Å²) in [4.78, 5) is 23.3. The van der Waals surface area contributed by atoms with Crippen LogP contribution in [0, 0.1) is 6.92 Å². The number of hydrogen-bond acceptors (Lipinski definition) is 6. The lowest BCUT2D eigenvalue weighted by molar-refractivity contribution is -0.133. The van der Waals surface area contributed by atoms with E-state index < -0.39 is 11.9 Å². The van der Waals surface area contributed by atoms with Crippen molar-refractivity contribution >= 4 is 18.0 Å². The molecule has 0 bridgehead atoms. The number of carbonyl (C=O) groups excluding carboxylic acids is 2. The molecule has 0 unspecified atom stereocenters. The standard InChI is InChI=1S/C22H24O6/c1-14-18(13-9-12-17-10-7-6-8-11-17)20(28-16(3)24)22(26-5)21(25-4)19(14)27-15(2)23/h6-12H,13H2,1-5H3. The van der Waals surface area contributed by atoms with Crippen LogP contribution >= 0.6 is 0 Å². The highest BCUT2D eigenvalue weighted by Crippen LogP contribution is 2.50. The molecule has 0 heterocycles. The molecule has 0 aliphatic heterocycles. The Morgan fingerprint density at radius 1 is 0.857 bits per heavy atom. The van der Waals surface area contributed by atoms with Crippen molar-refractivity contribution in [1.82, 2.24) is 0 Å². The summed E-state index contributed by atoms with van der Waals surface area (Å²) in [5.41, 5.74) is 2.33. The molecular weight excluding hydrogens is 360 g/mol. The Labute approximate surface area is 164 Å². The number of hydrogen-bond donors (Lipinski definition) is 0. The van der Waals surface area contributed by atoms with Gasteiger partial charge >= 0.3 is 11.9 Å². The van der Waals surface area contributed by atoms with Gasteiger partial charge in [0.25, 0.3) is 0 Å². The molecule has 2 aromatic carbocycles. The maximum Gasteiger partial charge on any atom is 0.308 e. The number of benzene rings is 2. The van der Waals surface area contributed by atoms with Crippen molar-refractivity contribution in [2.45, 2.75) is 27.2 Å². The summed E-state index contributed by atoms with van der Waals surface area (Å²) < 4.78 is 21.6. The van der Waals surface area contributed by atoms with Crippen LogP contribution in [0.4, 0.5) is 0 Å². The van der Waals surface area contributed by atoms with E-state index in [9.17, 15) is 9.59 Å². The van der Waals surface area contributed by atoms with E-state index in [1.807, 2.05) is 42.5 Å². The molecule has 0 saturated heterocycles. The molecular formula is C22H24O6. The molecule has 2 aromatic rings. The fourth-order valence-electron chi connectivity index (χ4n) is 2.83. The van der Waals surface area contributed by atoms with Crippen molar-refractivity contribution in [1.29, 1.82) is 0 Å². The molecule has 28 heavy (non-hydrogen) atoms. The Balaban J connectivity index is 2.60. The first kappa shape index (κ1) is 21.0. The Kier molecular flexibility index (Phi) is 7.21. The number of carbonyl (C=O) groups is 2. The monoisotopic (exact) mass is 384 g/mol. The quantitative estimate of drug-likeness (QED) is 0.528. The van der Waals surface area contributed by atoms with E-state index in [-0.39, 0.29) is 23.0 Å². The van der Waals surface area contributed by atoms with E-state index in [0.717, 1.165) is 5.56 Å².